The molecule has 1 atom stereocenters. The van der Waals surface area contributed by atoms with E-state index in [0.29, 0.717) is 6.61 Å². The summed E-state index contributed by atoms with van der Waals surface area (Å²) in [4.78, 5) is 0. The van der Waals surface area contributed by atoms with E-state index in [-0.39, 0.29) is 6.10 Å². The van der Waals surface area contributed by atoms with Gasteiger partial charge >= 0.3 is 0 Å². The number of benzene rings is 3. The molecule has 27 heavy (non-hydrogen) atoms. The van der Waals surface area contributed by atoms with Crippen LogP contribution in [0.15, 0.2) is 91.0 Å². The first-order valence-electron chi connectivity index (χ1n) is 9.52. The Balaban J connectivity index is 1.81. The minimum Gasteiger partial charge on any atom is -0.373 e. The maximum absolute atomic E-state index is 6.76. The lowest BCUT2D eigenvalue weighted by Crippen LogP contribution is -2.44. The Kier molecular flexibility index (Phi) is 5.64. The largest absolute Gasteiger partial charge is 0.373 e. The zero-order valence-electron chi connectivity index (χ0n) is 15.4. The Bertz CT molecular complexity index is 718. The van der Waals surface area contributed by atoms with Gasteiger partial charge in [-0.2, -0.15) is 0 Å². The van der Waals surface area contributed by atoms with Crippen LogP contribution in [0.5, 0.6) is 0 Å². The van der Waals surface area contributed by atoms with Crippen molar-refractivity contribution < 1.29 is 9.47 Å². The van der Waals surface area contributed by atoms with E-state index in [0.717, 1.165) is 36.4 Å². The smallest absolute Gasteiger partial charge is 0.143 e. The van der Waals surface area contributed by atoms with E-state index in [4.69, 9.17) is 9.47 Å². The highest BCUT2D eigenvalue weighted by Crippen LogP contribution is 2.40. The summed E-state index contributed by atoms with van der Waals surface area (Å²) in [6.45, 7) is 2.96. The predicted octanol–water partition coefficient (Wildman–Crippen LogP) is 3.98. The fourth-order valence-corrected chi connectivity index (χ4v) is 3.71. The average Bonchev–Trinajstić information content (AvgIpc) is 2.77. The van der Waals surface area contributed by atoms with E-state index in [1.54, 1.807) is 0 Å². The van der Waals surface area contributed by atoms with Crippen LogP contribution >= 0.6 is 0 Å². The Morgan fingerprint density at radius 3 is 1.67 bits per heavy atom. The third-order valence-corrected chi connectivity index (χ3v) is 5.03. The molecular weight excluding hydrogens is 334 g/mol. The van der Waals surface area contributed by atoms with Crippen LogP contribution in [0.3, 0.4) is 0 Å². The highest BCUT2D eigenvalue weighted by atomic mass is 16.5. The van der Waals surface area contributed by atoms with Crippen molar-refractivity contribution >= 4 is 0 Å². The number of hydrogen-bond acceptors (Lipinski definition) is 3. The van der Waals surface area contributed by atoms with Gasteiger partial charge in [0, 0.05) is 13.1 Å². The van der Waals surface area contributed by atoms with Crippen molar-refractivity contribution in [1.82, 2.24) is 5.32 Å². The van der Waals surface area contributed by atoms with E-state index in [2.05, 4.69) is 78.1 Å². The number of ether oxygens (including phenoxy) is 2. The molecule has 0 unspecified atom stereocenters. The van der Waals surface area contributed by atoms with Gasteiger partial charge in [0.25, 0.3) is 0 Å². The molecular formula is C24H25NO2. The molecule has 3 aromatic carbocycles. The van der Waals surface area contributed by atoms with Gasteiger partial charge < -0.3 is 14.8 Å². The zero-order valence-corrected chi connectivity index (χ0v) is 15.4. The summed E-state index contributed by atoms with van der Waals surface area (Å²) in [5, 5.41) is 3.39. The van der Waals surface area contributed by atoms with Gasteiger partial charge in [0.05, 0.1) is 19.3 Å². The van der Waals surface area contributed by atoms with Crippen molar-refractivity contribution in [3.63, 3.8) is 0 Å². The summed E-state index contributed by atoms with van der Waals surface area (Å²) in [5.74, 6) is 0. The van der Waals surface area contributed by atoms with Crippen LogP contribution in [0.25, 0.3) is 0 Å². The maximum atomic E-state index is 6.76. The summed E-state index contributed by atoms with van der Waals surface area (Å²) in [7, 11) is 0. The molecule has 3 heteroatoms. The number of nitrogens with one attached hydrogen (secondary N) is 1. The monoisotopic (exact) mass is 359 g/mol. The van der Waals surface area contributed by atoms with E-state index in [9.17, 15) is 0 Å². The molecule has 1 fully saturated rings. The van der Waals surface area contributed by atoms with E-state index in [1.165, 1.54) is 0 Å². The van der Waals surface area contributed by atoms with Crippen LogP contribution in [0, 0.1) is 0 Å². The second kappa shape index (κ2) is 8.49. The normalized spacial score (nSPS) is 17.6. The fourth-order valence-electron chi connectivity index (χ4n) is 3.71. The Labute approximate surface area is 161 Å². The molecule has 3 aromatic rings. The quantitative estimate of drug-likeness (QED) is 0.675. The maximum Gasteiger partial charge on any atom is 0.143 e. The van der Waals surface area contributed by atoms with Crippen LogP contribution in [0.2, 0.25) is 0 Å². The lowest BCUT2D eigenvalue weighted by atomic mass is 9.80. The lowest BCUT2D eigenvalue weighted by Gasteiger charge is -2.37. The fraction of sp³-hybridized carbons (Fsp3) is 0.250. The summed E-state index contributed by atoms with van der Waals surface area (Å²) >= 11 is 0. The summed E-state index contributed by atoms with van der Waals surface area (Å²) < 4.78 is 12.7. The van der Waals surface area contributed by atoms with Gasteiger partial charge in [-0.05, 0) is 16.7 Å². The number of morpholine rings is 1. The van der Waals surface area contributed by atoms with Gasteiger partial charge in [-0.3, -0.25) is 0 Å². The lowest BCUT2D eigenvalue weighted by molar-refractivity contribution is -0.0735. The van der Waals surface area contributed by atoms with Crippen molar-refractivity contribution in [1.29, 1.82) is 0 Å². The van der Waals surface area contributed by atoms with Crippen LogP contribution in [-0.2, 0) is 15.1 Å². The Hall–Kier alpha value is -2.46. The number of hydrogen-bond donors (Lipinski definition) is 1. The highest BCUT2D eigenvalue weighted by Gasteiger charge is 2.38. The SMILES string of the molecule is c1ccc(C(OC[C@@H]2CNCCO2)(c2ccccc2)c2ccccc2)cc1. The first-order chi connectivity index (χ1) is 13.4. The van der Waals surface area contributed by atoms with Gasteiger partial charge in [-0.25, -0.2) is 0 Å². The molecule has 0 bridgehead atoms. The molecule has 1 N–H and O–H groups in total. The standard InChI is InChI=1S/C24H25NO2/c1-4-10-20(11-5-1)24(21-12-6-2-7-13-21,22-14-8-3-9-15-22)27-19-23-18-25-16-17-26-23/h1-15,23,25H,16-19H2/t23-/m0/s1. The van der Waals surface area contributed by atoms with Crippen molar-refractivity contribution in [2.45, 2.75) is 11.7 Å². The Morgan fingerprint density at radius 2 is 1.26 bits per heavy atom. The average molecular weight is 359 g/mol. The first kappa shape index (κ1) is 17.9. The van der Waals surface area contributed by atoms with E-state index in [1.807, 2.05) is 18.2 Å². The van der Waals surface area contributed by atoms with Crippen LogP contribution < -0.4 is 5.32 Å². The molecule has 4 rings (SSSR count). The molecule has 0 spiro atoms. The van der Waals surface area contributed by atoms with Crippen molar-refractivity contribution in [2.24, 2.45) is 0 Å². The second-order valence-electron chi connectivity index (χ2n) is 6.79. The molecule has 0 aromatic heterocycles. The second-order valence-corrected chi connectivity index (χ2v) is 6.79. The summed E-state index contributed by atoms with van der Waals surface area (Å²) in [6.07, 6.45) is 0.0502. The Morgan fingerprint density at radius 1 is 0.778 bits per heavy atom. The van der Waals surface area contributed by atoms with Crippen LogP contribution in [0.1, 0.15) is 16.7 Å². The third kappa shape index (κ3) is 3.81. The minimum atomic E-state index is -0.676. The van der Waals surface area contributed by atoms with E-state index >= 15 is 0 Å². The molecule has 1 heterocycles. The minimum absolute atomic E-state index is 0.0502. The predicted molar refractivity (Wildman–Crippen MR) is 108 cm³/mol. The van der Waals surface area contributed by atoms with Gasteiger partial charge in [0.2, 0.25) is 0 Å². The van der Waals surface area contributed by atoms with Gasteiger partial charge in [-0.1, -0.05) is 91.0 Å². The summed E-state index contributed by atoms with van der Waals surface area (Å²) in [6, 6.07) is 31.4. The third-order valence-electron chi connectivity index (χ3n) is 5.03. The first-order valence-corrected chi connectivity index (χ1v) is 9.52. The number of rotatable bonds is 6. The van der Waals surface area contributed by atoms with Gasteiger partial charge in [0.15, 0.2) is 0 Å². The summed E-state index contributed by atoms with van der Waals surface area (Å²) in [5.41, 5.74) is 2.67. The molecule has 0 saturated carbocycles. The van der Waals surface area contributed by atoms with E-state index < -0.39 is 5.60 Å². The van der Waals surface area contributed by atoms with Gasteiger partial charge in [-0.15, -0.1) is 0 Å². The van der Waals surface area contributed by atoms with Crippen LogP contribution in [-0.4, -0.2) is 32.4 Å². The molecule has 138 valence electrons. The van der Waals surface area contributed by atoms with Crippen LogP contribution in [0.4, 0.5) is 0 Å². The molecule has 1 saturated heterocycles. The zero-order chi connectivity index (χ0) is 18.4. The molecule has 1 aliphatic heterocycles. The van der Waals surface area contributed by atoms with Crippen molar-refractivity contribution in [3.8, 4) is 0 Å². The molecule has 1 aliphatic rings. The van der Waals surface area contributed by atoms with Gasteiger partial charge in [0.1, 0.15) is 5.60 Å². The molecule has 0 radical (unpaired) electrons. The molecule has 3 nitrogen and oxygen atoms in total. The van der Waals surface area contributed by atoms with Crippen molar-refractivity contribution in [3.05, 3.63) is 108 Å². The topological polar surface area (TPSA) is 30.5 Å². The highest BCUT2D eigenvalue weighted by molar-refractivity contribution is 5.47. The molecule has 0 aliphatic carbocycles. The molecule has 0 amide bonds. The van der Waals surface area contributed by atoms with Crippen molar-refractivity contribution in [2.75, 3.05) is 26.3 Å².